The van der Waals surface area contributed by atoms with Gasteiger partial charge in [-0.25, -0.2) is 0 Å². The lowest BCUT2D eigenvalue weighted by Crippen LogP contribution is -2.52. The van der Waals surface area contributed by atoms with E-state index in [1.54, 1.807) is 7.11 Å². The summed E-state index contributed by atoms with van der Waals surface area (Å²) >= 11 is 0. The Morgan fingerprint density at radius 1 is 1.35 bits per heavy atom. The first-order valence-corrected chi connectivity index (χ1v) is 6.97. The molecule has 0 saturated carbocycles. The predicted molar refractivity (Wildman–Crippen MR) is 77.2 cm³/mol. The molecule has 1 aromatic carbocycles. The summed E-state index contributed by atoms with van der Waals surface area (Å²) in [7, 11) is 1.63. The summed E-state index contributed by atoms with van der Waals surface area (Å²) in [5.74, 6) is 1.71. The molecule has 5 heteroatoms. The van der Waals surface area contributed by atoms with Crippen molar-refractivity contribution < 1.29 is 14.3 Å². The maximum absolute atomic E-state index is 12.1. The van der Waals surface area contributed by atoms with Gasteiger partial charge < -0.3 is 19.7 Å². The van der Waals surface area contributed by atoms with E-state index >= 15 is 0 Å². The second-order valence-corrected chi connectivity index (χ2v) is 4.91. The highest BCUT2D eigenvalue weighted by molar-refractivity contribution is 5.76. The molecular formula is C15H22N2O3. The molecule has 0 aliphatic carbocycles. The van der Waals surface area contributed by atoms with Crippen LogP contribution in [0.15, 0.2) is 24.3 Å². The zero-order valence-electron chi connectivity index (χ0n) is 12.1. The largest absolute Gasteiger partial charge is 0.497 e. The van der Waals surface area contributed by atoms with Crippen LogP contribution >= 0.6 is 0 Å². The van der Waals surface area contributed by atoms with Gasteiger partial charge in [0.05, 0.1) is 20.1 Å². The van der Waals surface area contributed by atoms with Crippen LogP contribution in [0.2, 0.25) is 0 Å². The van der Waals surface area contributed by atoms with Gasteiger partial charge in [-0.3, -0.25) is 4.79 Å². The smallest absolute Gasteiger partial charge is 0.226 e. The third-order valence-electron chi connectivity index (χ3n) is 3.47. The molecule has 1 aromatic rings. The van der Waals surface area contributed by atoms with Gasteiger partial charge in [0.15, 0.2) is 0 Å². The average Bonchev–Trinajstić information content (AvgIpc) is 2.48. The number of amides is 1. The molecule has 20 heavy (non-hydrogen) atoms. The lowest BCUT2D eigenvalue weighted by atomic mass is 10.2. The van der Waals surface area contributed by atoms with Crippen molar-refractivity contribution in [1.29, 1.82) is 0 Å². The monoisotopic (exact) mass is 278 g/mol. The highest BCUT2D eigenvalue weighted by atomic mass is 16.5. The van der Waals surface area contributed by atoms with Crippen molar-refractivity contribution in [2.24, 2.45) is 0 Å². The molecule has 1 aliphatic rings. The first-order valence-electron chi connectivity index (χ1n) is 6.97. The van der Waals surface area contributed by atoms with E-state index in [1.807, 2.05) is 29.2 Å². The molecule has 1 saturated heterocycles. The van der Waals surface area contributed by atoms with E-state index in [2.05, 4.69) is 12.2 Å². The number of hydrogen-bond acceptors (Lipinski definition) is 4. The van der Waals surface area contributed by atoms with Crippen molar-refractivity contribution >= 4 is 5.91 Å². The van der Waals surface area contributed by atoms with Gasteiger partial charge in [0, 0.05) is 25.7 Å². The number of hydrogen-bond donors (Lipinski definition) is 1. The average molecular weight is 278 g/mol. The number of piperazine rings is 1. The quantitative estimate of drug-likeness (QED) is 0.881. The van der Waals surface area contributed by atoms with Crippen LogP contribution in [0.25, 0.3) is 0 Å². The Morgan fingerprint density at radius 2 is 2.05 bits per heavy atom. The molecule has 0 spiro atoms. The van der Waals surface area contributed by atoms with Crippen LogP contribution in [0.1, 0.15) is 13.3 Å². The number of methoxy groups -OCH3 is 1. The summed E-state index contributed by atoms with van der Waals surface area (Å²) < 4.78 is 10.7. The zero-order chi connectivity index (χ0) is 14.4. The standard InChI is InChI=1S/C15H22N2O3/c1-12-11-16-8-9-17(12)15(18)7-10-20-14-5-3-13(19-2)4-6-14/h3-6,12,16H,7-11H2,1-2H3/t12-/m1/s1. The lowest BCUT2D eigenvalue weighted by Gasteiger charge is -2.34. The predicted octanol–water partition coefficient (Wildman–Crippen LogP) is 1.28. The summed E-state index contributed by atoms with van der Waals surface area (Å²) in [5.41, 5.74) is 0. The van der Waals surface area contributed by atoms with Crippen molar-refractivity contribution in [2.45, 2.75) is 19.4 Å². The maximum atomic E-state index is 12.1. The van der Waals surface area contributed by atoms with Crippen molar-refractivity contribution in [3.05, 3.63) is 24.3 Å². The molecule has 110 valence electrons. The minimum Gasteiger partial charge on any atom is -0.497 e. The van der Waals surface area contributed by atoms with Crippen LogP contribution in [0.4, 0.5) is 0 Å². The fraction of sp³-hybridized carbons (Fsp3) is 0.533. The van der Waals surface area contributed by atoms with E-state index in [0.717, 1.165) is 31.1 Å². The normalized spacial score (nSPS) is 18.7. The molecule has 1 N–H and O–H groups in total. The Hall–Kier alpha value is -1.75. The van der Waals surface area contributed by atoms with Gasteiger partial charge in [0.2, 0.25) is 5.91 Å². The molecule has 0 unspecified atom stereocenters. The highest BCUT2D eigenvalue weighted by Crippen LogP contribution is 2.17. The summed E-state index contributed by atoms with van der Waals surface area (Å²) in [4.78, 5) is 14.0. The van der Waals surface area contributed by atoms with Crippen LogP contribution in [-0.4, -0.2) is 50.2 Å². The molecule has 0 bridgehead atoms. The van der Waals surface area contributed by atoms with E-state index in [4.69, 9.17) is 9.47 Å². The zero-order valence-corrected chi connectivity index (χ0v) is 12.1. The molecule has 0 aromatic heterocycles. The van der Waals surface area contributed by atoms with Crippen LogP contribution in [0.3, 0.4) is 0 Å². The topological polar surface area (TPSA) is 50.8 Å². The Morgan fingerprint density at radius 3 is 2.70 bits per heavy atom. The second kappa shape index (κ2) is 7.14. The number of nitrogens with zero attached hydrogens (tertiary/aromatic N) is 1. The van der Waals surface area contributed by atoms with Crippen molar-refractivity contribution in [3.8, 4) is 11.5 Å². The molecule has 2 rings (SSSR count). The van der Waals surface area contributed by atoms with E-state index < -0.39 is 0 Å². The molecule has 0 radical (unpaired) electrons. The maximum Gasteiger partial charge on any atom is 0.226 e. The number of carbonyl (C=O) groups is 1. The minimum absolute atomic E-state index is 0.160. The summed E-state index contributed by atoms with van der Waals surface area (Å²) in [6.45, 7) is 4.99. The van der Waals surface area contributed by atoms with Gasteiger partial charge in [-0.1, -0.05) is 0 Å². The molecule has 1 heterocycles. The fourth-order valence-corrected chi connectivity index (χ4v) is 2.28. The number of benzene rings is 1. The number of rotatable bonds is 5. The van der Waals surface area contributed by atoms with E-state index in [0.29, 0.717) is 13.0 Å². The first-order chi connectivity index (χ1) is 9.70. The number of ether oxygens (including phenoxy) is 2. The number of carbonyl (C=O) groups excluding carboxylic acids is 1. The van der Waals surface area contributed by atoms with Gasteiger partial charge in [0.1, 0.15) is 11.5 Å². The van der Waals surface area contributed by atoms with Gasteiger partial charge >= 0.3 is 0 Å². The van der Waals surface area contributed by atoms with E-state index in [9.17, 15) is 4.79 Å². The van der Waals surface area contributed by atoms with Crippen LogP contribution < -0.4 is 14.8 Å². The van der Waals surface area contributed by atoms with Crippen LogP contribution in [-0.2, 0) is 4.79 Å². The van der Waals surface area contributed by atoms with Gasteiger partial charge in [0.25, 0.3) is 0 Å². The third-order valence-corrected chi connectivity index (χ3v) is 3.47. The summed E-state index contributed by atoms with van der Waals surface area (Å²) in [6.07, 6.45) is 0.413. The van der Waals surface area contributed by atoms with Crippen molar-refractivity contribution in [2.75, 3.05) is 33.4 Å². The molecular weight excluding hydrogens is 256 g/mol. The molecule has 1 aliphatic heterocycles. The summed E-state index contributed by atoms with van der Waals surface area (Å²) in [6, 6.07) is 7.63. The van der Waals surface area contributed by atoms with E-state index in [-0.39, 0.29) is 11.9 Å². The third kappa shape index (κ3) is 3.87. The van der Waals surface area contributed by atoms with Gasteiger partial charge in [-0.2, -0.15) is 0 Å². The molecule has 5 nitrogen and oxygen atoms in total. The van der Waals surface area contributed by atoms with Crippen LogP contribution in [0, 0.1) is 0 Å². The Labute approximate surface area is 119 Å². The second-order valence-electron chi connectivity index (χ2n) is 4.91. The molecule has 1 fully saturated rings. The molecule has 1 atom stereocenters. The first kappa shape index (κ1) is 14.7. The Bertz CT molecular complexity index is 433. The highest BCUT2D eigenvalue weighted by Gasteiger charge is 2.22. The Balaban J connectivity index is 1.75. The minimum atomic E-state index is 0.160. The number of nitrogens with one attached hydrogen (secondary N) is 1. The van der Waals surface area contributed by atoms with Gasteiger partial charge in [-0.05, 0) is 31.2 Å². The van der Waals surface area contributed by atoms with Crippen LogP contribution in [0.5, 0.6) is 11.5 Å². The Kier molecular flexibility index (Phi) is 5.24. The lowest BCUT2D eigenvalue weighted by molar-refractivity contribution is -0.134. The summed E-state index contributed by atoms with van der Waals surface area (Å²) in [5, 5.41) is 3.28. The molecule has 1 amide bonds. The van der Waals surface area contributed by atoms with Crippen molar-refractivity contribution in [1.82, 2.24) is 10.2 Å². The van der Waals surface area contributed by atoms with Gasteiger partial charge in [-0.15, -0.1) is 0 Å². The fourth-order valence-electron chi connectivity index (χ4n) is 2.28. The van der Waals surface area contributed by atoms with Crippen molar-refractivity contribution in [3.63, 3.8) is 0 Å². The van der Waals surface area contributed by atoms with E-state index in [1.165, 1.54) is 0 Å². The SMILES string of the molecule is COc1ccc(OCCC(=O)N2CCNC[C@H]2C)cc1.